The Labute approximate surface area is 251 Å². The van der Waals surface area contributed by atoms with Crippen molar-refractivity contribution < 1.29 is 24.4 Å². The molecular formula is C26H20N12O5S. The molecule has 2 aromatic carbocycles. The first-order chi connectivity index (χ1) is 21.5. The van der Waals surface area contributed by atoms with Crippen molar-refractivity contribution in [3.63, 3.8) is 0 Å². The summed E-state index contributed by atoms with van der Waals surface area (Å²) in [6.07, 6.45) is 5.07. The number of nitrogens with zero attached hydrogens (tertiary/aromatic N) is 8. The molecule has 0 aliphatic carbocycles. The number of benzene rings is 2. The van der Waals surface area contributed by atoms with Gasteiger partial charge in [0.15, 0.2) is 0 Å². The smallest absolute Gasteiger partial charge is 0.322 e. The van der Waals surface area contributed by atoms with Crippen LogP contribution in [0.25, 0.3) is 22.0 Å². The van der Waals surface area contributed by atoms with E-state index < -0.39 is 11.8 Å². The minimum atomic E-state index is -0.698. The maximum absolute atomic E-state index is 11.2. The van der Waals surface area contributed by atoms with Gasteiger partial charge in [0.25, 0.3) is 11.8 Å². The minimum absolute atomic E-state index is 0.114. The quantitative estimate of drug-likeness (QED) is 0.107. The first-order valence-corrected chi connectivity index (χ1v) is 13.2. The Morgan fingerprint density at radius 3 is 1.70 bits per heavy atom. The van der Waals surface area contributed by atoms with Crippen LogP contribution in [0.15, 0.2) is 89.9 Å². The third kappa shape index (κ3) is 7.53. The van der Waals surface area contributed by atoms with Crippen LogP contribution >= 0.6 is 11.3 Å². The third-order valence-corrected chi connectivity index (χ3v) is 6.25. The summed E-state index contributed by atoms with van der Waals surface area (Å²) in [5, 5.41) is 39.8. The summed E-state index contributed by atoms with van der Waals surface area (Å²) in [4.78, 5) is 38.0. The Balaban J connectivity index is 0.000000175. The van der Waals surface area contributed by atoms with E-state index in [0.29, 0.717) is 11.0 Å². The molecule has 0 radical (unpaired) electrons. The molecule has 0 spiro atoms. The molecule has 0 aliphatic rings. The highest BCUT2D eigenvalue weighted by molar-refractivity contribution is 7.18. The number of amides is 2. The molecule has 0 saturated heterocycles. The largest absolute Gasteiger partial charge is 0.403 e. The number of anilines is 4. The van der Waals surface area contributed by atoms with Crippen LogP contribution in [0.3, 0.4) is 0 Å². The van der Waals surface area contributed by atoms with Crippen LogP contribution in [0.4, 0.5) is 23.0 Å². The predicted octanol–water partition coefficient (Wildman–Crippen LogP) is 3.25. The van der Waals surface area contributed by atoms with Crippen molar-refractivity contribution in [2.75, 3.05) is 10.6 Å². The summed E-state index contributed by atoms with van der Waals surface area (Å²) >= 11 is 1.36. The molecule has 2 amide bonds. The first-order valence-electron chi connectivity index (χ1n) is 12.4. The number of hydroxylamine groups is 2. The van der Waals surface area contributed by atoms with Crippen molar-refractivity contribution in [1.82, 2.24) is 51.3 Å². The number of carbonyl (C=O) groups is 2. The molecule has 17 nitrogen and oxygen atoms in total. The Bertz CT molecular complexity index is 1680. The van der Waals surface area contributed by atoms with E-state index in [4.69, 9.17) is 14.8 Å². The standard InChI is InChI=1S/C13H10N6O3.C13H10N6O2S/c2*20-10(19-21)9-6-14-12(15-7-9)16-13-18-17-11(22-13)8-4-2-1-3-5-8/h2*1-7,21H,(H,19,20)(H,14,15,16,18). The third-order valence-electron chi connectivity index (χ3n) is 5.36. The van der Waals surface area contributed by atoms with Gasteiger partial charge in [-0.3, -0.25) is 30.6 Å². The summed E-state index contributed by atoms with van der Waals surface area (Å²) < 4.78 is 5.44. The van der Waals surface area contributed by atoms with E-state index in [1.54, 1.807) is 0 Å². The van der Waals surface area contributed by atoms with Crippen LogP contribution in [0.1, 0.15) is 20.7 Å². The molecule has 0 saturated carbocycles. The van der Waals surface area contributed by atoms with Crippen LogP contribution in [0.2, 0.25) is 0 Å². The van der Waals surface area contributed by atoms with Crippen molar-refractivity contribution in [2.45, 2.75) is 0 Å². The lowest BCUT2D eigenvalue weighted by Gasteiger charge is -2.01. The number of hydrogen-bond donors (Lipinski definition) is 6. The van der Waals surface area contributed by atoms with E-state index in [0.717, 1.165) is 16.1 Å². The van der Waals surface area contributed by atoms with Gasteiger partial charge in [0.2, 0.25) is 22.9 Å². The van der Waals surface area contributed by atoms with Gasteiger partial charge in [-0.1, -0.05) is 65.0 Å². The van der Waals surface area contributed by atoms with Gasteiger partial charge < -0.3 is 4.42 Å². The highest BCUT2D eigenvalue weighted by atomic mass is 32.1. The molecule has 4 heterocycles. The molecule has 0 aliphatic heterocycles. The van der Waals surface area contributed by atoms with Crippen molar-refractivity contribution in [3.05, 3.63) is 96.6 Å². The average molecular weight is 613 g/mol. The lowest BCUT2D eigenvalue weighted by molar-refractivity contribution is 0.0701. The Morgan fingerprint density at radius 1 is 0.636 bits per heavy atom. The summed E-state index contributed by atoms with van der Waals surface area (Å²) in [6.45, 7) is 0. The SMILES string of the molecule is O=C(NO)c1cnc(Nc2nnc(-c3ccccc3)o2)nc1.O=C(NO)c1cnc(Nc2nnc(-c3ccccc3)s2)nc1. The summed E-state index contributed by atoms with van der Waals surface area (Å²) in [5.74, 6) is -0.549. The van der Waals surface area contributed by atoms with Gasteiger partial charge in [-0.25, -0.2) is 30.9 Å². The second kappa shape index (κ2) is 14.1. The minimum Gasteiger partial charge on any atom is -0.403 e. The maximum Gasteiger partial charge on any atom is 0.322 e. The lowest BCUT2D eigenvalue weighted by Crippen LogP contribution is -2.19. The molecule has 0 fully saturated rings. The van der Waals surface area contributed by atoms with E-state index in [1.807, 2.05) is 60.7 Å². The first kappa shape index (κ1) is 29.3. The predicted molar refractivity (Wildman–Crippen MR) is 154 cm³/mol. The molecule has 18 heteroatoms. The Hall–Kier alpha value is -6.24. The fourth-order valence-corrected chi connectivity index (χ4v) is 4.03. The zero-order valence-electron chi connectivity index (χ0n) is 22.2. The van der Waals surface area contributed by atoms with Gasteiger partial charge in [0.05, 0.1) is 11.1 Å². The maximum atomic E-state index is 11.2. The van der Waals surface area contributed by atoms with Crippen molar-refractivity contribution >= 4 is 46.2 Å². The molecule has 6 N–H and O–H groups in total. The van der Waals surface area contributed by atoms with Crippen LogP contribution in [0.5, 0.6) is 0 Å². The molecule has 6 rings (SSSR count). The molecule has 44 heavy (non-hydrogen) atoms. The van der Waals surface area contributed by atoms with Crippen LogP contribution in [-0.2, 0) is 0 Å². The molecule has 0 bridgehead atoms. The highest BCUT2D eigenvalue weighted by Gasteiger charge is 2.11. The van der Waals surface area contributed by atoms with Crippen LogP contribution in [-0.4, -0.2) is 62.6 Å². The zero-order chi connectivity index (χ0) is 30.7. The van der Waals surface area contributed by atoms with Crippen molar-refractivity contribution in [2.24, 2.45) is 0 Å². The van der Waals surface area contributed by atoms with Gasteiger partial charge in [-0.05, 0) is 12.1 Å². The fraction of sp³-hybridized carbons (Fsp3) is 0. The van der Waals surface area contributed by atoms with E-state index >= 15 is 0 Å². The lowest BCUT2D eigenvalue weighted by atomic mass is 10.2. The second-order valence-electron chi connectivity index (χ2n) is 8.28. The molecule has 4 aromatic heterocycles. The topological polar surface area (TPSA) is 239 Å². The number of hydrogen-bond acceptors (Lipinski definition) is 16. The van der Waals surface area contributed by atoms with E-state index in [-0.39, 0.29) is 29.0 Å². The van der Waals surface area contributed by atoms with Gasteiger partial charge >= 0.3 is 6.01 Å². The van der Waals surface area contributed by atoms with Gasteiger partial charge in [0, 0.05) is 35.9 Å². The van der Waals surface area contributed by atoms with Crippen molar-refractivity contribution in [3.8, 4) is 22.0 Å². The highest BCUT2D eigenvalue weighted by Crippen LogP contribution is 2.27. The summed E-state index contributed by atoms with van der Waals surface area (Å²) in [7, 11) is 0. The zero-order valence-corrected chi connectivity index (χ0v) is 23.0. The summed E-state index contributed by atoms with van der Waals surface area (Å²) in [6, 6.07) is 19.1. The van der Waals surface area contributed by atoms with Gasteiger partial charge in [-0.15, -0.1) is 15.3 Å². The van der Waals surface area contributed by atoms with E-state index in [2.05, 4.69) is 51.0 Å². The van der Waals surface area contributed by atoms with Crippen LogP contribution < -0.4 is 21.6 Å². The van der Waals surface area contributed by atoms with Gasteiger partial charge in [0.1, 0.15) is 5.01 Å². The van der Waals surface area contributed by atoms with Crippen molar-refractivity contribution in [1.29, 1.82) is 0 Å². The van der Waals surface area contributed by atoms with E-state index in [9.17, 15) is 9.59 Å². The summed E-state index contributed by atoms with van der Waals surface area (Å²) in [5.41, 5.74) is 5.03. The van der Waals surface area contributed by atoms with E-state index in [1.165, 1.54) is 47.1 Å². The van der Waals surface area contributed by atoms with Crippen LogP contribution in [0, 0.1) is 0 Å². The Morgan fingerprint density at radius 2 is 1.16 bits per heavy atom. The molecular weight excluding hydrogens is 592 g/mol. The Kier molecular flexibility index (Phi) is 9.37. The number of carbonyl (C=O) groups excluding carboxylic acids is 2. The van der Waals surface area contributed by atoms with Gasteiger partial charge in [-0.2, -0.15) is 0 Å². The normalized spacial score (nSPS) is 10.2. The molecule has 220 valence electrons. The number of rotatable bonds is 8. The fourth-order valence-electron chi connectivity index (χ4n) is 3.28. The molecule has 0 unspecified atom stereocenters. The number of nitrogens with one attached hydrogen (secondary N) is 4. The number of aromatic nitrogens is 8. The molecule has 0 atom stereocenters. The second-order valence-corrected chi connectivity index (χ2v) is 9.26. The average Bonchev–Trinajstić information content (AvgIpc) is 3.76. The monoisotopic (exact) mass is 612 g/mol. The molecule has 6 aromatic rings.